The van der Waals surface area contributed by atoms with E-state index in [0.717, 1.165) is 33.3 Å². The van der Waals surface area contributed by atoms with E-state index in [0.29, 0.717) is 11.4 Å². The molecule has 1 aromatic carbocycles. The van der Waals surface area contributed by atoms with Gasteiger partial charge in [0.15, 0.2) is 5.13 Å². The highest BCUT2D eigenvalue weighted by molar-refractivity contribution is 7.89. The van der Waals surface area contributed by atoms with Gasteiger partial charge in [0.2, 0.25) is 10.0 Å². The number of nitrogens with one attached hydrogen (secondary N) is 1. The minimum absolute atomic E-state index is 0.158. The Bertz CT molecular complexity index is 1070. The summed E-state index contributed by atoms with van der Waals surface area (Å²) in [5.41, 5.74) is 0.830. The Morgan fingerprint density at radius 2 is 1.76 bits per heavy atom. The highest BCUT2D eigenvalue weighted by Crippen LogP contribution is 2.34. The van der Waals surface area contributed by atoms with E-state index in [1.165, 1.54) is 29.7 Å². The third-order valence-corrected chi connectivity index (χ3v) is 8.54. The van der Waals surface area contributed by atoms with Crippen molar-refractivity contribution in [1.29, 1.82) is 0 Å². The van der Waals surface area contributed by atoms with Crippen LogP contribution in [0.15, 0.2) is 35.2 Å². The summed E-state index contributed by atoms with van der Waals surface area (Å²) in [6.45, 7) is 6.32. The molecule has 29 heavy (non-hydrogen) atoms. The van der Waals surface area contributed by atoms with Crippen molar-refractivity contribution < 1.29 is 13.2 Å². The zero-order chi connectivity index (χ0) is 21.2. The molecule has 0 saturated heterocycles. The number of thiophene rings is 1. The fourth-order valence-electron chi connectivity index (χ4n) is 2.72. The number of sulfonamides is 1. The number of thiazole rings is 1. The molecule has 2 heterocycles. The summed E-state index contributed by atoms with van der Waals surface area (Å²) in [4.78, 5) is 21.1. The van der Waals surface area contributed by atoms with E-state index in [-0.39, 0.29) is 10.8 Å². The first kappa shape index (κ1) is 21.7. The summed E-state index contributed by atoms with van der Waals surface area (Å²) < 4.78 is 26.4. The number of hydrogen-bond acceptors (Lipinski definition) is 7. The number of fused-ring (bicyclic) bond motifs is 1. The van der Waals surface area contributed by atoms with Crippen molar-refractivity contribution in [2.24, 2.45) is 0 Å². The molecule has 3 aromatic rings. The second-order valence-electron chi connectivity index (χ2n) is 6.56. The van der Waals surface area contributed by atoms with Crippen molar-refractivity contribution in [3.05, 3.63) is 40.8 Å². The SMILES string of the molecule is CCN(CC)c1nc2sc(C(=O)NCc3ccc(S(=O)(=O)N(C)C)cc3)cc2s1. The predicted octanol–water partition coefficient (Wildman–Crippen LogP) is 3.38. The first-order chi connectivity index (χ1) is 13.8. The lowest BCUT2D eigenvalue weighted by Gasteiger charge is -2.16. The molecule has 1 N–H and O–H groups in total. The van der Waals surface area contributed by atoms with Crippen LogP contribution in [0, 0.1) is 0 Å². The fraction of sp³-hybridized carbons (Fsp3) is 0.368. The topological polar surface area (TPSA) is 82.6 Å². The number of rotatable bonds is 8. The molecule has 0 bridgehead atoms. The standard InChI is InChI=1S/C19H24N4O3S3/c1-5-23(6-2)19-21-18-16(28-19)11-15(27-18)17(24)20-12-13-7-9-14(10-8-13)29(25,26)22(3)4/h7-11H,5-6,12H2,1-4H3,(H,20,24). The molecule has 0 saturated carbocycles. The molecular formula is C19H24N4O3S3. The minimum Gasteiger partial charge on any atom is -0.349 e. The van der Waals surface area contributed by atoms with Crippen molar-refractivity contribution in [2.45, 2.75) is 25.3 Å². The molecule has 10 heteroatoms. The number of aromatic nitrogens is 1. The molecule has 7 nitrogen and oxygen atoms in total. The molecule has 2 aromatic heterocycles. The van der Waals surface area contributed by atoms with Crippen LogP contribution in [0.3, 0.4) is 0 Å². The van der Waals surface area contributed by atoms with E-state index in [4.69, 9.17) is 0 Å². The fourth-order valence-corrected chi connectivity index (χ4v) is 5.88. The lowest BCUT2D eigenvalue weighted by Crippen LogP contribution is -2.23. The van der Waals surface area contributed by atoms with Crippen LogP contribution in [-0.4, -0.2) is 50.8 Å². The summed E-state index contributed by atoms with van der Waals surface area (Å²) >= 11 is 2.98. The third-order valence-electron chi connectivity index (χ3n) is 4.49. The Morgan fingerprint density at radius 1 is 1.10 bits per heavy atom. The van der Waals surface area contributed by atoms with Gasteiger partial charge >= 0.3 is 0 Å². The first-order valence-corrected chi connectivity index (χ1v) is 12.3. The molecule has 0 aliphatic rings. The number of anilines is 1. The van der Waals surface area contributed by atoms with Gasteiger partial charge in [-0.1, -0.05) is 23.5 Å². The van der Waals surface area contributed by atoms with Gasteiger partial charge in [0.25, 0.3) is 5.91 Å². The normalized spacial score (nSPS) is 11.9. The van der Waals surface area contributed by atoms with Crippen molar-refractivity contribution in [1.82, 2.24) is 14.6 Å². The van der Waals surface area contributed by atoms with Gasteiger partial charge in [0.05, 0.1) is 14.5 Å². The molecule has 0 radical (unpaired) electrons. The van der Waals surface area contributed by atoms with Crippen molar-refractivity contribution in [2.75, 3.05) is 32.1 Å². The summed E-state index contributed by atoms with van der Waals surface area (Å²) in [5.74, 6) is -0.158. The van der Waals surface area contributed by atoms with E-state index in [1.807, 2.05) is 6.07 Å². The number of carbonyl (C=O) groups excluding carboxylic acids is 1. The van der Waals surface area contributed by atoms with Gasteiger partial charge in [-0.05, 0) is 37.6 Å². The van der Waals surface area contributed by atoms with Crippen LogP contribution in [0.2, 0.25) is 0 Å². The summed E-state index contributed by atoms with van der Waals surface area (Å²) in [5, 5.41) is 3.87. The van der Waals surface area contributed by atoms with Gasteiger partial charge < -0.3 is 10.2 Å². The molecule has 1 amide bonds. The monoisotopic (exact) mass is 452 g/mol. The van der Waals surface area contributed by atoms with Crippen molar-refractivity contribution >= 4 is 53.3 Å². The molecule has 0 unspecified atom stereocenters. The lowest BCUT2D eigenvalue weighted by atomic mass is 10.2. The second-order valence-corrected chi connectivity index (χ2v) is 10.8. The van der Waals surface area contributed by atoms with Crippen LogP contribution >= 0.6 is 22.7 Å². The largest absolute Gasteiger partial charge is 0.349 e. The van der Waals surface area contributed by atoms with Crippen LogP contribution in [0.5, 0.6) is 0 Å². The molecule has 3 rings (SSSR count). The quantitative estimate of drug-likeness (QED) is 0.567. The van der Waals surface area contributed by atoms with E-state index < -0.39 is 10.0 Å². The molecule has 0 fully saturated rings. The van der Waals surface area contributed by atoms with E-state index in [9.17, 15) is 13.2 Å². The van der Waals surface area contributed by atoms with Gasteiger partial charge in [0, 0.05) is 33.7 Å². The van der Waals surface area contributed by atoms with Crippen LogP contribution in [0.1, 0.15) is 29.1 Å². The second kappa shape index (κ2) is 8.78. The number of benzene rings is 1. The smallest absolute Gasteiger partial charge is 0.261 e. The highest BCUT2D eigenvalue weighted by atomic mass is 32.2. The maximum absolute atomic E-state index is 12.5. The zero-order valence-electron chi connectivity index (χ0n) is 16.8. The number of carbonyl (C=O) groups is 1. The number of hydrogen-bond donors (Lipinski definition) is 1. The van der Waals surface area contributed by atoms with E-state index in [2.05, 4.69) is 29.0 Å². The average molecular weight is 453 g/mol. The highest BCUT2D eigenvalue weighted by Gasteiger charge is 2.18. The summed E-state index contributed by atoms with van der Waals surface area (Å²) in [6.07, 6.45) is 0. The minimum atomic E-state index is -3.45. The number of amides is 1. The Labute approximate surface area is 179 Å². The van der Waals surface area contributed by atoms with Gasteiger partial charge in [0.1, 0.15) is 4.83 Å². The Hall–Kier alpha value is -2.01. The Kier molecular flexibility index (Phi) is 6.57. The molecule has 0 spiro atoms. The van der Waals surface area contributed by atoms with Crippen LogP contribution < -0.4 is 10.2 Å². The summed E-state index contributed by atoms with van der Waals surface area (Å²) in [7, 11) is -0.461. The van der Waals surface area contributed by atoms with Crippen LogP contribution in [0.25, 0.3) is 9.53 Å². The Balaban J connectivity index is 1.65. The van der Waals surface area contributed by atoms with Gasteiger partial charge in [-0.2, -0.15) is 0 Å². The van der Waals surface area contributed by atoms with Crippen molar-refractivity contribution in [3.63, 3.8) is 0 Å². The van der Waals surface area contributed by atoms with Gasteiger partial charge in [-0.15, -0.1) is 11.3 Å². The maximum atomic E-state index is 12.5. The Morgan fingerprint density at radius 3 is 2.31 bits per heavy atom. The predicted molar refractivity (Wildman–Crippen MR) is 120 cm³/mol. The molecule has 0 aliphatic carbocycles. The average Bonchev–Trinajstić information content (AvgIpc) is 3.26. The van der Waals surface area contributed by atoms with Crippen molar-refractivity contribution in [3.8, 4) is 0 Å². The van der Waals surface area contributed by atoms with E-state index in [1.54, 1.807) is 35.6 Å². The molecular weight excluding hydrogens is 428 g/mol. The molecule has 156 valence electrons. The van der Waals surface area contributed by atoms with Gasteiger partial charge in [-0.25, -0.2) is 17.7 Å². The van der Waals surface area contributed by atoms with Gasteiger partial charge in [-0.3, -0.25) is 4.79 Å². The maximum Gasteiger partial charge on any atom is 0.261 e. The summed E-state index contributed by atoms with van der Waals surface area (Å²) in [6, 6.07) is 8.41. The molecule has 0 atom stereocenters. The van der Waals surface area contributed by atoms with Crippen LogP contribution in [-0.2, 0) is 16.6 Å². The lowest BCUT2D eigenvalue weighted by molar-refractivity contribution is 0.0955. The first-order valence-electron chi connectivity index (χ1n) is 9.21. The number of nitrogens with zero attached hydrogens (tertiary/aromatic N) is 3. The zero-order valence-corrected chi connectivity index (χ0v) is 19.2. The third kappa shape index (κ3) is 4.61. The van der Waals surface area contributed by atoms with E-state index >= 15 is 0 Å². The molecule has 0 aliphatic heterocycles. The van der Waals surface area contributed by atoms with Crippen LogP contribution in [0.4, 0.5) is 5.13 Å².